The summed E-state index contributed by atoms with van der Waals surface area (Å²) in [5, 5.41) is 0. The standard InChI is InChI=1S/C19H19BrN2O3/c1-2-14-6-9-17(10-7-14)25-13-19(24)22-21-18(23)11-8-15-4-3-5-16(20)12-15/h3-12H,2,13H2,1H3,(H,21,23)(H,22,24)/b11-8+. The molecule has 0 aliphatic carbocycles. The third-order valence-electron chi connectivity index (χ3n) is 3.30. The van der Waals surface area contributed by atoms with Gasteiger partial charge in [0.15, 0.2) is 6.61 Å². The predicted octanol–water partition coefficient (Wildman–Crippen LogP) is 3.25. The van der Waals surface area contributed by atoms with Gasteiger partial charge in [0.1, 0.15) is 5.75 Å². The van der Waals surface area contributed by atoms with Crippen molar-refractivity contribution in [3.05, 3.63) is 70.2 Å². The normalized spacial score (nSPS) is 10.5. The monoisotopic (exact) mass is 402 g/mol. The van der Waals surface area contributed by atoms with Gasteiger partial charge in [0, 0.05) is 10.5 Å². The summed E-state index contributed by atoms with van der Waals surface area (Å²) in [6, 6.07) is 15.0. The van der Waals surface area contributed by atoms with Gasteiger partial charge in [-0.2, -0.15) is 0 Å². The third-order valence-corrected chi connectivity index (χ3v) is 3.80. The van der Waals surface area contributed by atoms with Crippen LogP contribution in [0.4, 0.5) is 0 Å². The maximum absolute atomic E-state index is 11.7. The molecule has 0 saturated heterocycles. The van der Waals surface area contributed by atoms with E-state index in [9.17, 15) is 9.59 Å². The van der Waals surface area contributed by atoms with Crippen molar-refractivity contribution >= 4 is 33.8 Å². The Bertz CT molecular complexity index is 758. The van der Waals surface area contributed by atoms with Crippen LogP contribution in [-0.4, -0.2) is 18.4 Å². The van der Waals surface area contributed by atoms with Crippen molar-refractivity contribution in [2.45, 2.75) is 13.3 Å². The Labute approximate surface area is 155 Å². The Hall–Kier alpha value is -2.60. The molecule has 0 bridgehead atoms. The Kier molecular flexibility index (Phi) is 7.22. The van der Waals surface area contributed by atoms with Crippen LogP contribution in [0.15, 0.2) is 59.1 Å². The number of carbonyl (C=O) groups excluding carboxylic acids is 2. The minimum atomic E-state index is -0.441. The molecule has 0 spiro atoms. The lowest BCUT2D eigenvalue weighted by Crippen LogP contribution is -2.43. The predicted molar refractivity (Wildman–Crippen MR) is 101 cm³/mol. The molecule has 0 aromatic heterocycles. The molecule has 2 N–H and O–H groups in total. The van der Waals surface area contributed by atoms with Crippen molar-refractivity contribution in [1.29, 1.82) is 0 Å². The van der Waals surface area contributed by atoms with E-state index < -0.39 is 11.8 Å². The van der Waals surface area contributed by atoms with Crippen molar-refractivity contribution in [2.24, 2.45) is 0 Å². The van der Waals surface area contributed by atoms with Crippen molar-refractivity contribution in [3.63, 3.8) is 0 Å². The largest absolute Gasteiger partial charge is 0.484 e. The van der Waals surface area contributed by atoms with Crippen molar-refractivity contribution in [3.8, 4) is 5.75 Å². The van der Waals surface area contributed by atoms with E-state index in [4.69, 9.17) is 4.74 Å². The van der Waals surface area contributed by atoms with Crippen LogP contribution in [0.1, 0.15) is 18.1 Å². The zero-order valence-corrected chi connectivity index (χ0v) is 15.4. The van der Waals surface area contributed by atoms with E-state index in [1.54, 1.807) is 6.08 Å². The highest BCUT2D eigenvalue weighted by Gasteiger charge is 2.04. The van der Waals surface area contributed by atoms with Crippen LogP contribution in [0.25, 0.3) is 6.08 Å². The first-order valence-electron chi connectivity index (χ1n) is 7.81. The maximum Gasteiger partial charge on any atom is 0.276 e. The molecule has 0 saturated carbocycles. The number of hydrogen-bond donors (Lipinski definition) is 2. The fraction of sp³-hybridized carbons (Fsp3) is 0.158. The number of hydrazine groups is 1. The van der Waals surface area contributed by atoms with E-state index in [-0.39, 0.29) is 6.61 Å². The lowest BCUT2D eigenvalue weighted by molar-refractivity contribution is -0.128. The van der Waals surface area contributed by atoms with Gasteiger partial charge < -0.3 is 4.74 Å². The Morgan fingerprint density at radius 1 is 1.12 bits per heavy atom. The summed E-state index contributed by atoms with van der Waals surface area (Å²) >= 11 is 3.36. The SMILES string of the molecule is CCc1ccc(OCC(=O)NNC(=O)/C=C/c2cccc(Br)c2)cc1. The summed E-state index contributed by atoms with van der Waals surface area (Å²) in [7, 11) is 0. The van der Waals surface area contributed by atoms with Crippen LogP contribution in [-0.2, 0) is 16.0 Å². The minimum absolute atomic E-state index is 0.179. The van der Waals surface area contributed by atoms with Gasteiger partial charge in [-0.1, -0.05) is 47.1 Å². The van der Waals surface area contributed by atoms with Crippen molar-refractivity contribution in [1.82, 2.24) is 10.9 Å². The zero-order valence-electron chi connectivity index (χ0n) is 13.8. The summed E-state index contributed by atoms with van der Waals surface area (Å²) in [4.78, 5) is 23.4. The molecule has 2 amide bonds. The highest BCUT2D eigenvalue weighted by atomic mass is 79.9. The van der Waals surface area contributed by atoms with Gasteiger partial charge in [0.05, 0.1) is 0 Å². The first-order chi connectivity index (χ1) is 12.1. The number of benzene rings is 2. The molecule has 0 fully saturated rings. The van der Waals surface area contributed by atoms with Crippen LogP contribution in [0, 0.1) is 0 Å². The second kappa shape index (κ2) is 9.64. The quantitative estimate of drug-likeness (QED) is 0.575. The molecule has 0 unspecified atom stereocenters. The molecule has 0 atom stereocenters. The van der Waals surface area contributed by atoms with E-state index in [0.29, 0.717) is 5.75 Å². The second-order valence-electron chi connectivity index (χ2n) is 5.21. The average molecular weight is 403 g/mol. The summed E-state index contributed by atoms with van der Waals surface area (Å²) < 4.78 is 6.28. The number of hydrogen-bond acceptors (Lipinski definition) is 3. The molecule has 5 nitrogen and oxygen atoms in total. The van der Waals surface area contributed by atoms with E-state index in [1.165, 1.54) is 11.6 Å². The molecule has 0 aliphatic rings. The topological polar surface area (TPSA) is 67.4 Å². The minimum Gasteiger partial charge on any atom is -0.484 e. The molecule has 0 radical (unpaired) electrons. The van der Waals surface area contributed by atoms with Crippen molar-refractivity contribution in [2.75, 3.05) is 6.61 Å². The first kappa shape index (κ1) is 18.7. The van der Waals surface area contributed by atoms with Crippen LogP contribution >= 0.6 is 15.9 Å². The molecule has 6 heteroatoms. The number of amides is 2. The van der Waals surface area contributed by atoms with Gasteiger partial charge in [-0.25, -0.2) is 0 Å². The number of ether oxygens (including phenoxy) is 1. The molecule has 2 rings (SSSR count). The summed E-state index contributed by atoms with van der Waals surface area (Å²) in [6.07, 6.45) is 3.94. The Balaban J connectivity index is 1.72. The fourth-order valence-electron chi connectivity index (χ4n) is 1.96. The number of aryl methyl sites for hydroxylation is 1. The van der Waals surface area contributed by atoms with Crippen LogP contribution < -0.4 is 15.6 Å². The first-order valence-corrected chi connectivity index (χ1v) is 8.60. The summed E-state index contributed by atoms with van der Waals surface area (Å²) in [5.74, 6) is -0.266. The van der Waals surface area contributed by atoms with E-state index in [0.717, 1.165) is 16.5 Å². The van der Waals surface area contributed by atoms with Gasteiger partial charge in [0.25, 0.3) is 11.8 Å². The molecular weight excluding hydrogens is 384 g/mol. The maximum atomic E-state index is 11.7. The highest BCUT2D eigenvalue weighted by molar-refractivity contribution is 9.10. The molecular formula is C19H19BrN2O3. The van der Waals surface area contributed by atoms with Gasteiger partial charge in [0.2, 0.25) is 0 Å². The van der Waals surface area contributed by atoms with Gasteiger partial charge in [-0.3, -0.25) is 20.4 Å². The second-order valence-corrected chi connectivity index (χ2v) is 6.13. The molecule has 25 heavy (non-hydrogen) atoms. The lowest BCUT2D eigenvalue weighted by atomic mass is 10.2. The van der Waals surface area contributed by atoms with E-state index >= 15 is 0 Å². The number of rotatable bonds is 6. The number of nitrogens with one attached hydrogen (secondary N) is 2. The molecule has 2 aromatic rings. The number of halogens is 1. The Morgan fingerprint density at radius 3 is 2.56 bits per heavy atom. The van der Waals surface area contributed by atoms with Crippen LogP contribution in [0.5, 0.6) is 5.75 Å². The average Bonchev–Trinajstić information content (AvgIpc) is 2.63. The molecule has 0 aliphatic heterocycles. The molecule has 0 heterocycles. The van der Waals surface area contributed by atoms with Crippen LogP contribution in [0.2, 0.25) is 0 Å². The van der Waals surface area contributed by atoms with Gasteiger partial charge in [-0.05, 0) is 47.9 Å². The molecule has 2 aromatic carbocycles. The van der Waals surface area contributed by atoms with Crippen molar-refractivity contribution < 1.29 is 14.3 Å². The molecule has 130 valence electrons. The van der Waals surface area contributed by atoms with Gasteiger partial charge >= 0.3 is 0 Å². The van der Waals surface area contributed by atoms with E-state index in [2.05, 4.69) is 33.7 Å². The third kappa shape index (κ3) is 6.81. The number of carbonyl (C=O) groups is 2. The summed E-state index contributed by atoms with van der Waals surface area (Å²) in [6.45, 7) is 1.89. The lowest BCUT2D eigenvalue weighted by Gasteiger charge is -2.08. The smallest absolute Gasteiger partial charge is 0.276 e. The van der Waals surface area contributed by atoms with Crippen LogP contribution in [0.3, 0.4) is 0 Å². The highest BCUT2D eigenvalue weighted by Crippen LogP contribution is 2.13. The fourth-order valence-corrected chi connectivity index (χ4v) is 2.38. The Morgan fingerprint density at radius 2 is 1.88 bits per heavy atom. The zero-order chi connectivity index (χ0) is 18.1. The summed E-state index contributed by atoms with van der Waals surface area (Å²) in [5.41, 5.74) is 6.67. The van der Waals surface area contributed by atoms with E-state index in [1.807, 2.05) is 48.5 Å². The van der Waals surface area contributed by atoms with Gasteiger partial charge in [-0.15, -0.1) is 0 Å².